The largest absolute Gasteiger partial charge is 0.374 e. The third kappa shape index (κ3) is 2.90. The zero-order valence-electron chi connectivity index (χ0n) is 8.91. The number of hydrogen-bond donors (Lipinski definition) is 1. The van der Waals surface area contributed by atoms with Gasteiger partial charge in [-0.15, -0.1) is 0 Å². The van der Waals surface area contributed by atoms with E-state index in [9.17, 15) is 5.11 Å². The lowest BCUT2D eigenvalue weighted by Gasteiger charge is -2.16. The maximum absolute atomic E-state index is 10.1. The van der Waals surface area contributed by atoms with Crippen LogP contribution in [0.25, 0.3) is 0 Å². The molecule has 0 bridgehead atoms. The van der Waals surface area contributed by atoms with E-state index in [1.165, 1.54) is 0 Å². The molecule has 1 aromatic carbocycles. The zero-order valence-corrected chi connectivity index (χ0v) is 8.91. The molecule has 0 aliphatic carbocycles. The second-order valence-electron chi connectivity index (χ2n) is 3.86. The molecule has 1 atom stereocenters. The van der Waals surface area contributed by atoms with E-state index in [-0.39, 0.29) is 5.92 Å². The van der Waals surface area contributed by atoms with Crippen molar-refractivity contribution in [1.82, 2.24) is 0 Å². The molecule has 0 saturated carbocycles. The Labute approximate surface area is 85.8 Å². The van der Waals surface area contributed by atoms with Gasteiger partial charge in [-0.25, -0.2) is 0 Å². The van der Waals surface area contributed by atoms with Crippen molar-refractivity contribution in [3.05, 3.63) is 35.9 Å². The number of benzene rings is 1. The van der Waals surface area contributed by atoms with Crippen molar-refractivity contribution in [3.63, 3.8) is 0 Å². The van der Waals surface area contributed by atoms with Gasteiger partial charge in [0.15, 0.2) is 0 Å². The molecule has 1 N–H and O–H groups in total. The van der Waals surface area contributed by atoms with Crippen LogP contribution in [0.5, 0.6) is 0 Å². The highest BCUT2D eigenvalue weighted by atomic mass is 16.3. The Morgan fingerprint density at radius 3 is 2.29 bits per heavy atom. The van der Waals surface area contributed by atoms with Gasteiger partial charge in [-0.2, -0.15) is 0 Å². The van der Waals surface area contributed by atoms with Gasteiger partial charge in [0.2, 0.25) is 0 Å². The highest BCUT2D eigenvalue weighted by Gasteiger charge is 2.18. The molecule has 0 aliphatic rings. The van der Waals surface area contributed by atoms with Gasteiger partial charge in [0.25, 0.3) is 0 Å². The second kappa shape index (κ2) is 4.30. The van der Waals surface area contributed by atoms with Gasteiger partial charge >= 0.3 is 0 Å². The Hall–Kier alpha value is -1.26. The summed E-state index contributed by atoms with van der Waals surface area (Å²) in [4.78, 5) is 0. The average Bonchev–Trinajstić information content (AvgIpc) is 2.16. The topological polar surface area (TPSA) is 20.2 Å². The molecular weight excluding hydrogens is 172 g/mol. The molecule has 0 heterocycles. The predicted octanol–water partition coefficient (Wildman–Crippen LogP) is 2.55. The van der Waals surface area contributed by atoms with Crippen molar-refractivity contribution in [3.8, 4) is 11.8 Å². The first-order valence-corrected chi connectivity index (χ1v) is 4.83. The summed E-state index contributed by atoms with van der Waals surface area (Å²) in [7, 11) is 0. The van der Waals surface area contributed by atoms with E-state index in [1.54, 1.807) is 6.92 Å². The van der Waals surface area contributed by atoms with Crippen LogP contribution in [-0.2, 0) is 5.60 Å². The smallest absolute Gasteiger partial charge is 0.148 e. The number of hydrogen-bond acceptors (Lipinski definition) is 1. The standard InChI is InChI=1S/C13H16O/c1-11(2)9-10-13(3,14)12-7-5-4-6-8-12/h4-8,11,14H,1-3H3. The maximum Gasteiger partial charge on any atom is 0.148 e. The zero-order chi connectivity index (χ0) is 10.6. The quantitative estimate of drug-likeness (QED) is 0.671. The summed E-state index contributed by atoms with van der Waals surface area (Å²) in [5.74, 6) is 6.15. The lowest BCUT2D eigenvalue weighted by molar-refractivity contribution is 0.122. The molecule has 74 valence electrons. The molecule has 1 unspecified atom stereocenters. The molecule has 1 heteroatoms. The van der Waals surface area contributed by atoms with E-state index < -0.39 is 5.60 Å². The third-order valence-corrected chi connectivity index (χ3v) is 1.94. The molecule has 1 aromatic rings. The third-order valence-electron chi connectivity index (χ3n) is 1.94. The van der Waals surface area contributed by atoms with Crippen LogP contribution in [0, 0.1) is 17.8 Å². The van der Waals surface area contributed by atoms with Crippen molar-refractivity contribution in [2.45, 2.75) is 26.4 Å². The van der Waals surface area contributed by atoms with Crippen molar-refractivity contribution in [1.29, 1.82) is 0 Å². The molecule has 14 heavy (non-hydrogen) atoms. The van der Waals surface area contributed by atoms with Gasteiger partial charge in [-0.1, -0.05) is 56.0 Å². The Morgan fingerprint density at radius 2 is 1.79 bits per heavy atom. The van der Waals surface area contributed by atoms with Crippen LogP contribution in [0.15, 0.2) is 30.3 Å². The fraction of sp³-hybridized carbons (Fsp3) is 0.385. The number of rotatable bonds is 1. The van der Waals surface area contributed by atoms with E-state index in [0.717, 1.165) is 5.56 Å². The highest BCUT2D eigenvalue weighted by Crippen LogP contribution is 2.18. The molecule has 0 saturated heterocycles. The monoisotopic (exact) mass is 188 g/mol. The van der Waals surface area contributed by atoms with Crippen LogP contribution < -0.4 is 0 Å². The summed E-state index contributed by atoms with van der Waals surface area (Å²) >= 11 is 0. The minimum atomic E-state index is -1.04. The van der Waals surface area contributed by atoms with Crippen molar-refractivity contribution < 1.29 is 5.11 Å². The Morgan fingerprint density at radius 1 is 1.21 bits per heavy atom. The van der Waals surface area contributed by atoms with Crippen LogP contribution in [0.4, 0.5) is 0 Å². The van der Waals surface area contributed by atoms with Crippen LogP contribution in [-0.4, -0.2) is 5.11 Å². The van der Waals surface area contributed by atoms with E-state index >= 15 is 0 Å². The van der Waals surface area contributed by atoms with Gasteiger partial charge in [0.05, 0.1) is 0 Å². The molecule has 0 spiro atoms. The van der Waals surface area contributed by atoms with Gasteiger partial charge in [-0.3, -0.25) is 0 Å². The Bertz CT molecular complexity index is 338. The van der Waals surface area contributed by atoms with Crippen LogP contribution in [0.3, 0.4) is 0 Å². The van der Waals surface area contributed by atoms with Crippen molar-refractivity contribution >= 4 is 0 Å². The summed E-state index contributed by atoms with van der Waals surface area (Å²) in [6, 6.07) is 9.50. The molecular formula is C13H16O. The molecule has 0 fully saturated rings. The normalized spacial score (nSPS) is 14.4. The van der Waals surface area contributed by atoms with Crippen LogP contribution >= 0.6 is 0 Å². The lowest BCUT2D eigenvalue weighted by atomic mass is 9.96. The molecule has 0 radical (unpaired) electrons. The van der Waals surface area contributed by atoms with Gasteiger partial charge in [0, 0.05) is 5.92 Å². The summed E-state index contributed by atoms with van der Waals surface area (Å²) < 4.78 is 0. The van der Waals surface area contributed by atoms with Crippen LogP contribution in [0.2, 0.25) is 0 Å². The molecule has 0 aromatic heterocycles. The molecule has 1 rings (SSSR count). The van der Waals surface area contributed by atoms with E-state index in [0.29, 0.717) is 0 Å². The summed E-state index contributed by atoms with van der Waals surface area (Å²) in [5.41, 5.74) is -0.195. The Kier molecular flexibility index (Phi) is 3.33. The molecule has 1 nitrogen and oxygen atoms in total. The predicted molar refractivity (Wildman–Crippen MR) is 58.6 cm³/mol. The minimum absolute atomic E-state index is 0.283. The average molecular weight is 188 g/mol. The molecule has 0 amide bonds. The SMILES string of the molecule is CC(C)C#CC(C)(O)c1ccccc1. The second-order valence-corrected chi connectivity index (χ2v) is 3.86. The van der Waals surface area contributed by atoms with Crippen LogP contribution in [0.1, 0.15) is 26.3 Å². The van der Waals surface area contributed by atoms with Crippen molar-refractivity contribution in [2.24, 2.45) is 5.92 Å². The summed E-state index contributed by atoms with van der Waals surface area (Å²) in [5, 5.41) is 10.1. The van der Waals surface area contributed by atoms with E-state index in [1.807, 2.05) is 44.2 Å². The van der Waals surface area contributed by atoms with Gasteiger partial charge in [0.1, 0.15) is 5.60 Å². The van der Waals surface area contributed by atoms with Gasteiger partial charge in [-0.05, 0) is 12.5 Å². The molecule has 0 aliphatic heterocycles. The summed E-state index contributed by atoms with van der Waals surface area (Å²) in [6.07, 6.45) is 0. The fourth-order valence-corrected chi connectivity index (χ4v) is 1.12. The Balaban J connectivity index is 2.93. The fourth-order valence-electron chi connectivity index (χ4n) is 1.12. The van der Waals surface area contributed by atoms with Crippen molar-refractivity contribution in [2.75, 3.05) is 0 Å². The highest BCUT2D eigenvalue weighted by molar-refractivity contribution is 5.30. The maximum atomic E-state index is 10.1. The number of aliphatic hydroxyl groups is 1. The first-order valence-electron chi connectivity index (χ1n) is 4.83. The summed E-state index contributed by atoms with van der Waals surface area (Å²) in [6.45, 7) is 5.74. The van der Waals surface area contributed by atoms with E-state index in [4.69, 9.17) is 0 Å². The minimum Gasteiger partial charge on any atom is -0.374 e. The first-order chi connectivity index (χ1) is 6.52. The van der Waals surface area contributed by atoms with Gasteiger partial charge < -0.3 is 5.11 Å². The van der Waals surface area contributed by atoms with E-state index in [2.05, 4.69) is 11.8 Å². The first kappa shape index (κ1) is 10.8. The lowest BCUT2D eigenvalue weighted by Crippen LogP contribution is -2.18.